The van der Waals surface area contributed by atoms with E-state index in [9.17, 15) is 5.11 Å². The number of ether oxygens (including phenoxy) is 1. The van der Waals surface area contributed by atoms with Crippen LogP contribution < -0.4 is 5.32 Å². The molecule has 0 aromatic carbocycles. The van der Waals surface area contributed by atoms with Crippen LogP contribution in [0.15, 0.2) is 0 Å². The molecule has 94 valence electrons. The Morgan fingerprint density at radius 1 is 1.25 bits per heavy atom. The molecular formula is C13H25NO2. The summed E-state index contributed by atoms with van der Waals surface area (Å²) in [5, 5.41) is 14.0. The average molecular weight is 227 g/mol. The fourth-order valence-electron chi connectivity index (χ4n) is 2.88. The molecule has 2 N–H and O–H groups in total. The van der Waals surface area contributed by atoms with Gasteiger partial charge in [-0.25, -0.2) is 0 Å². The van der Waals surface area contributed by atoms with Crippen molar-refractivity contribution in [2.45, 2.75) is 69.6 Å². The quantitative estimate of drug-likeness (QED) is 0.723. The van der Waals surface area contributed by atoms with Gasteiger partial charge in [0.2, 0.25) is 0 Å². The summed E-state index contributed by atoms with van der Waals surface area (Å²) in [6.07, 6.45) is 8.22. The van der Waals surface area contributed by atoms with E-state index in [0.717, 1.165) is 32.4 Å². The summed E-state index contributed by atoms with van der Waals surface area (Å²) in [6, 6.07) is 0.437. The van der Waals surface area contributed by atoms with Crippen molar-refractivity contribution in [3.8, 4) is 0 Å². The van der Waals surface area contributed by atoms with Crippen LogP contribution in [0.25, 0.3) is 0 Å². The average Bonchev–Trinajstić information content (AvgIpc) is 2.54. The number of rotatable bonds is 3. The Morgan fingerprint density at radius 3 is 2.50 bits per heavy atom. The van der Waals surface area contributed by atoms with Crippen molar-refractivity contribution >= 4 is 0 Å². The van der Waals surface area contributed by atoms with Crippen molar-refractivity contribution in [1.82, 2.24) is 5.32 Å². The highest BCUT2D eigenvalue weighted by Gasteiger charge is 2.31. The molecule has 3 heteroatoms. The van der Waals surface area contributed by atoms with E-state index in [-0.39, 0.29) is 0 Å². The van der Waals surface area contributed by atoms with Crippen LogP contribution in [0.4, 0.5) is 0 Å². The molecule has 1 aliphatic carbocycles. The molecule has 1 aliphatic heterocycles. The molecular weight excluding hydrogens is 202 g/mol. The summed E-state index contributed by atoms with van der Waals surface area (Å²) in [5.74, 6) is 0. The zero-order valence-corrected chi connectivity index (χ0v) is 10.4. The maximum Gasteiger partial charge on any atom is 0.0771 e. The van der Waals surface area contributed by atoms with Gasteiger partial charge in [-0.3, -0.25) is 0 Å². The Labute approximate surface area is 98.6 Å². The molecule has 1 saturated carbocycles. The monoisotopic (exact) mass is 227 g/mol. The Bertz CT molecular complexity index is 212. The molecule has 0 aromatic heterocycles. The van der Waals surface area contributed by atoms with E-state index >= 15 is 0 Å². The van der Waals surface area contributed by atoms with Gasteiger partial charge in [-0.05, 0) is 26.2 Å². The van der Waals surface area contributed by atoms with Crippen molar-refractivity contribution in [2.24, 2.45) is 0 Å². The van der Waals surface area contributed by atoms with E-state index in [1.165, 1.54) is 25.7 Å². The molecule has 2 atom stereocenters. The molecule has 3 nitrogen and oxygen atoms in total. The Kier molecular flexibility index (Phi) is 4.22. The standard InChI is InChI=1S/C13H25NO2/c1-11-12(6-9-16-11)14-10-13(15)7-4-2-3-5-8-13/h11-12,14-15H,2-10H2,1H3. The van der Waals surface area contributed by atoms with E-state index in [1.807, 2.05) is 0 Å². The molecule has 2 rings (SSSR count). The van der Waals surface area contributed by atoms with Gasteiger partial charge in [0.1, 0.15) is 0 Å². The maximum atomic E-state index is 10.5. The topological polar surface area (TPSA) is 41.5 Å². The second-order valence-corrected chi connectivity index (χ2v) is 5.49. The molecule has 1 heterocycles. The summed E-state index contributed by atoms with van der Waals surface area (Å²) < 4.78 is 5.52. The van der Waals surface area contributed by atoms with Gasteiger partial charge in [0.15, 0.2) is 0 Å². The first kappa shape index (κ1) is 12.3. The molecule has 2 unspecified atom stereocenters. The van der Waals surface area contributed by atoms with Crippen molar-refractivity contribution in [1.29, 1.82) is 0 Å². The van der Waals surface area contributed by atoms with Gasteiger partial charge in [0.05, 0.1) is 11.7 Å². The molecule has 2 fully saturated rings. The third-order valence-electron chi connectivity index (χ3n) is 4.10. The lowest BCUT2D eigenvalue weighted by Gasteiger charge is -2.29. The molecule has 0 aromatic rings. The molecule has 1 saturated heterocycles. The maximum absolute atomic E-state index is 10.5. The summed E-state index contributed by atoms with van der Waals surface area (Å²) in [6.45, 7) is 3.71. The number of hydrogen-bond donors (Lipinski definition) is 2. The SMILES string of the molecule is CC1OCCC1NCC1(O)CCCCCC1. The highest BCUT2D eigenvalue weighted by atomic mass is 16.5. The van der Waals surface area contributed by atoms with Gasteiger partial charge in [-0.1, -0.05) is 25.7 Å². The Morgan fingerprint density at radius 2 is 1.94 bits per heavy atom. The highest BCUT2D eigenvalue weighted by Crippen LogP contribution is 2.27. The molecule has 16 heavy (non-hydrogen) atoms. The van der Waals surface area contributed by atoms with Crippen LogP contribution in [-0.2, 0) is 4.74 Å². The van der Waals surface area contributed by atoms with Crippen LogP contribution in [0.1, 0.15) is 51.9 Å². The normalized spacial score (nSPS) is 34.9. The van der Waals surface area contributed by atoms with Gasteiger partial charge < -0.3 is 15.2 Å². The minimum atomic E-state index is -0.460. The zero-order valence-electron chi connectivity index (χ0n) is 10.4. The highest BCUT2D eigenvalue weighted by molar-refractivity contribution is 4.87. The largest absolute Gasteiger partial charge is 0.389 e. The van der Waals surface area contributed by atoms with Crippen LogP contribution >= 0.6 is 0 Å². The lowest BCUT2D eigenvalue weighted by atomic mass is 9.94. The van der Waals surface area contributed by atoms with Crippen LogP contribution in [0, 0.1) is 0 Å². The fraction of sp³-hybridized carbons (Fsp3) is 1.00. The van der Waals surface area contributed by atoms with Crippen LogP contribution in [0.2, 0.25) is 0 Å². The first-order valence-corrected chi connectivity index (χ1v) is 6.77. The van der Waals surface area contributed by atoms with E-state index in [2.05, 4.69) is 12.2 Å². The summed E-state index contributed by atoms with van der Waals surface area (Å²) >= 11 is 0. The number of nitrogens with one attached hydrogen (secondary N) is 1. The minimum Gasteiger partial charge on any atom is -0.389 e. The van der Waals surface area contributed by atoms with Crippen LogP contribution in [-0.4, -0.2) is 36.0 Å². The Hall–Kier alpha value is -0.120. The molecule has 0 amide bonds. The first-order chi connectivity index (χ1) is 7.70. The zero-order chi connectivity index (χ0) is 11.4. The van der Waals surface area contributed by atoms with Gasteiger partial charge >= 0.3 is 0 Å². The van der Waals surface area contributed by atoms with Gasteiger partial charge in [-0.15, -0.1) is 0 Å². The van der Waals surface area contributed by atoms with Gasteiger partial charge in [-0.2, -0.15) is 0 Å². The van der Waals surface area contributed by atoms with Crippen LogP contribution in [0.5, 0.6) is 0 Å². The van der Waals surface area contributed by atoms with Crippen molar-refractivity contribution in [2.75, 3.05) is 13.2 Å². The van der Waals surface area contributed by atoms with Crippen molar-refractivity contribution in [3.63, 3.8) is 0 Å². The van der Waals surface area contributed by atoms with E-state index in [4.69, 9.17) is 4.74 Å². The first-order valence-electron chi connectivity index (χ1n) is 6.77. The van der Waals surface area contributed by atoms with E-state index < -0.39 is 5.60 Å². The number of hydrogen-bond acceptors (Lipinski definition) is 3. The Balaban J connectivity index is 1.78. The second-order valence-electron chi connectivity index (χ2n) is 5.49. The predicted octanol–water partition coefficient (Wildman–Crippen LogP) is 1.84. The van der Waals surface area contributed by atoms with E-state index in [0.29, 0.717) is 12.1 Å². The smallest absolute Gasteiger partial charge is 0.0771 e. The summed E-state index contributed by atoms with van der Waals surface area (Å²) in [5.41, 5.74) is -0.460. The molecule has 2 aliphatic rings. The summed E-state index contributed by atoms with van der Waals surface area (Å²) in [4.78, 5) is 0. The third kappa shape index (κ3) is 3.19. The predicted molar refractivity (Wildman–Crippen MR) is 64.5 cm³/mol. The minimum absolute atomic E-state index is 0.300. The number of aliphatic hydroxyl groups is 1. The van der Waals surface area contributed by atoms with Gasteiger partial charge in [0, 0.05) is 19.2 Å². The van der Waals surface area contributed by atoms with Crippen molar-refractivity contribution in [3.05, 3.63) is 0 Å². The molecule has 0 bridgehead atoms. The van der Waals surface area contributed by atoms with Crippen LogP contribution in [0.3, 0.4) is 0 Å². The second kappa shape index (κ2) is 5.48. The lowest BCUT2D eigenvalue weighted by molar-refractivity contribution is 0.0196. The lowest BCUT2D eigenvalue weighted by Crippen LogP contribution is -2.46. The van der Waals surface area contributed by atoms with Gasteiger partial charge in [0.25, 0.3) is 0 Å². The molecule has 0 spiro atoms. The van der Waals surface area contributed by atoms with E-state index in [1.54, 1.807) is 0 Å². The third-order valence-corrected chi connectivity index (χ3v) is 4.10. The fourth-order valence-corrected chi connectivity index (χ4v) is 2.88. The van der Waals surface area contributed by atoms with Crippen molar-refractivity contribution < 1.29 is 9.84 Å². The molecule has 0 radical (unpaired) electrons. The summed E-state index contributed by atoms with van der Waals surface area (Å²) in [7, 11) is 0.